The summed E-state index contributed by atoms with van der Waals surface area (Å²) in [4.78, 5) is 33.5. The van der Waals surface area contributed by atoms with Crippen molar-refractivity contribution in [1.82, 2.24) is 9.80 Å². The van der Waals surface area contributed by atoms with E-state index in [-0.39, 0.29) is 0 Å². The topological polar surface area (TPSA) is 40.6 Å². The van der Waals surface area contributed by atoms with Gasteiger partial charge in [0.25, 0.3) is 0 Å². The molecule has 4 heteroatoms. The summed E-state index contributed by atoms with van der Waals surface area (Å²) in [7, 11) is 0. The van der Waals surface area contributed by atoms with Crippen molar-refractivity contribution in [1.29, 1.82) is 0 Å². The largest absolute Gasteiger partial charge is 0.315 e. The molecule has 1 saturated heterocycles. The number of carbonyl (C=O) groups is 2. The van der Waals surface area contributed by atoms with Gasteiger partial charge in [0.05, 0.1) is 0 Å². The van der Waals surface area contributed by atoms with E-state index in [1.165, 1.54) is 0 Å². The number of rotatable bonds is 8. The highest BCUT2D eigenvalue weighted by Crippen LogP contribution is 2.47. The molecule has 1 aliphatic rings. The van der Waals surface area contributed by atoms with E-state index in [1.807, 2.05) is 182 Å². The highest BCUT2D eigenvalue weighted by atomic mass is 16.2. The zero-order valence-corrected chi connectivity index (χ0v) is 25.4. The molecule has 0 unspecified atom stereocenters. The molecule has 0 radical (unpaired) electrons. The number of hydrogen-bond acceptors (Lipinski definition) is 2. The third-order valence-electron chi connectivity index (χ3n) is 9.18. The molecule has 46 heavy (non-hydrogen) atoms. The fraction of sp³-hybridized carbons (Fsp3) is 0.0952. The van der Waals surface area contributed by atoms with Gasteiger partial charge in [-0.3, -0.25) is 9.59 Å². The van der Waals surface area contributed by atoms with Crippen LogP contribution in [0.1, 0.15) is 33.4 Å². The molecule has 7 rings (SSSR count). The van der Waals surface area contributed by atoms with Crippen molar-refractivity contribution < 1.29 is 9.59 Å². The number of hydrogen-bond donors (Lipinski definition) is 0. The molecule has 2 amide bonds. The van der Waals surface area contributed by atoms with E-state index in [1.54, 1.807) is 9.80 Å². The summed E-state index contributed by atoms with van der Waals surface area (Å²) in [6.07, 6.45) is 0. The van der Waals surface area contributed by atoms with Crippen molar-refractivity contribution in [2.45, 2.75) is 11.1 Å². The monoisotopic (exact) mass is 598 g/mol. The Balaban J connectivity index is 1.45. The normalized spacial score (nSPS) is 13.9. The Morgan fingerprint density at radius 3 is 0.652 bits per heavy atom. The summed E-state index contributed by atoms with van der Waals surface area (Å²) >= 11 is 0. The molecule has 0 aromatic heterocycles. The fourth-order valence-corrected chi connectivity index (χ4v) is 7.29. The van der Waals surface area contributed by atoms with Crippen LogP contribution in [0.25, 0.3) is 0 Å². The molecule has 6 aromatic carbocycles. The quantitative estimate of drug-likeness (QED) is 0.133. The van der Waals surface area contributed by atoms with E-state index >= 15 is 0 Å². The highest BCUT2D eigenvalue weighted by molar-refractivity contribution is 6.36. The average Bonchev–Trinajstić information content (AvgIpc) is 3.14. The summed E-state index contributed by atoms with van der Waals surface area (Å²) in [6.45, 7) is 0.634. The predicted octanol–water partition coefficient (Wildman–Crippen LogP) is 7.64. The number of carbonyl (C=O) groups excluding carboxylic acids is 2. The molecule has 0 atom stereocenters. The van der Waals surface area contributed by atoms with Crippen LogP contribution in [0.15, 0.2) is 182 Å². The molecule has 1 aliphatic heterocycles. The molecule has 0 N–H and O–H groups in total. The molecule has 224 valence electrons. The van der Waals surface area contributed by atoms with Gasteiger partial charge in [0.1, 0.15) is 11.1 Å². The van der Waals surface area contributed by atoms with E-state index in [0.717, 1.165) is 33.4 Å². The van der Waals surface area contributed by atoms with E-state index in [2.05, 4.69) is 0 Å². The number of nitrogens with zero attached hydrogens (tertiary/aromatic N) is 2. The van der Waals surface area contributed by atoms with Gasteiger partial charge in [0.15, 0.2) is 0 Å². The van der Waals surface area contributed by atoms with E-state index in [4.69, 9.17) is 0 Å². The van der Waals surface area contributed by atoms with Gasteiger partial charge in [-0.1, -0.05) is 182 Å². The zero-order chi connectivity index (χ0) is 31.4. The molecule has 1 fully saturated rings. The number of amides is 2. The van der Waals surface area contributed by atoms with Gasteiger partial charge in [-0.05, 0) is 33.4 Å². The Labute approximate surface area is 270 Å². The van der Waals surface area contributed by atoms with Gasteiger partial charge >= 0.3 is 11.8 Å². The van der Waals surface area contributed by atoms with Gasteiger partial charge in [-0.25, -0.2) is 0 Å². The third-order valence-corrected chi connectivity index (χ3v) is 9.18. The summed E-state index contributed by atoms with van der Waals surface area (Å²) < 4.78 is 0. The van der Waals surface area contributed by atoms with Crippen LogP contribution in [-0.4, -0.2) is 34.7 Å². The Morgan fingerprint density at radius 2 is 0.478 bits per heavy atom. The van der Waals surface area contributed by atoms with Gasteiger partial charge in [-0.15, -0.1) is 0 Å². The molecular weight excluding hydrogens is 564 g/mol. The van der Waals surface area contributed by atoms with Crippen LogP contribution < -0.4 is 0 Å². The van der Waals surface area contributed by atoms with Crippen molar-refractivity contribution in [3.05, 3.63) is 215 Å². The second kappa shape index (κ2) is 12.3. The summed E-state index contributed by atoms with van der Waals surface area (Å²) in [5.74, 6) is -1.09. The maximum atomic E-state index is 15.0. The maximum absolute atomic E-state index is 15.0. The summed E-state index contributed by atoms with van der Waals surface area (Å²) in [6, 6.07) is 60.3. The van der Waals surface area contributed by atoms with Crippen LogP contribution >= 0.6 is 0 Å². The Hall–Kier alpha value is -5.74. The minimum Gasteiger partial charge on any atom is -0.315 e. The molecule has 0 bridgehead atoms. The number of piperazine rings is 1. The summed E-state index contributed by atoms with van der Waals surface area (Å²) in [5.41, 5.74) is 3.45. The molecule has 1 heterocycles. The van der Waals surface area contributed by atoms with Crippen molar-refractivity contribution in [2.24, 2.45) is 0 Å². The van der Waals surface area contributed by atoms with Crippen molar-refractivity contribution in [2.75, 3.05) is 13.1 Å². The third kappa shape index (κ3) is 4.62. The van der Waals surface area contributed by atoms with Crippen LogP contribution in [0.3, 0.4) is 0 Å². The minimum absolute atomic E-state index is 0.317. The van der Waals surface area contributed by atoms with E-state index in [0.29, 0.717) is 13.1 Å². The second-order valence-corrected chi connectivity index (χ2v) is 11.5. The van der Waals surface area contributed by atoms with E-state index in [9.17, 15) is 9.59 Å². The van der Waals surface area contributed by atoms with Gasteiger partial charge in [-0.2, -0.15) is 0 Å². The van der Waals surface area contributed by atoms with Gasteiger partial charge in [0.2, 0.25) is 0 Å². The van der Waals surface area contributed by atoms with E-state index < -0.39 is 22.9 Å². The van der Waals surface area contributed by atoms with Crippen LogP contribution in [0.4, 0.5) is 0 Å². The Kier molecular flexibility index (Phi) is 7.78. The smallest absolute Gasteiger partial charge is 0.313 e. The molecule has 0 aliphatic carbocycles. The maximum Gasteiger partial charge on any atom is 0.313 e. The SMILES string of the molecule is O=C1C(=O)N(C(c2ccccc2)(c2ccccc2)c2ccccc2)CCN1C(c1ccccc1)(c1ccccc1)c1ccccc1. The fourth-order valence-electron chi connectivity index (χ4n) is 7.29. The van der Waals surface area contributed by atoms with Gasteiger partial charge < -0.3 is 9.80 Å². The molecule has 0 saturated carbocycles. The standard InChI is InChI=1S/C42H34N2O2/c45-39-40(46)44(42(36-25-13-4-14-26-36,37-27-15-5-16-28-37)38-29-17-6-18-30-38)32-31-43(39)41(33-19-7-1-8-20-33,34-21-9-2-10-22-34)35-23-11-3-12-24-35/h1-30H,31-32H2. The van der Waals surface area contributed by atoms with Crippen LogP contribution in [0, 0.1) is 0 Å². The van der Waals surface area contributed by atoms with Crippen LogP contribution in [-0.2, 0) is 20.7 Å². The predicted molar refractivity (Wildman–Crippen MR) is 182 cm³/mol. The minimum atomic E-state index is -1.03. The lowest BCUT2D eigenvalue weighted by atomic mass is 9.73. The lowest BCUT2D eigenvalue weighted by Crippen LogP contribution is -2.66. The van der Waals surface area contributed by atoms with Crippen molar-refractivity contribution in [3.8, 4) is 0 Å². The average molecular weight is 599 g/mol. The number of benzene rings is 6. The summed E-state index contributed by atoms with van der Waals surface area (Å²) in [5, 5.41) is 0. The van der Waals surface area contributed by atoms with Crippen molar-refractivity contribution in [3.63, 3.8) is 0 Å². The molecule has 6 aromatic rings. The molecule has 0 spiro atoms. The highest BCUT2D eigenvalue weighted by Gasteiger charge is 2.54. The lowest BCUT2D eigenvalue weighted by molar-refractivity contribution is -0.162. The first-order valence-corrected chi connectivity index (χ1v) is 15.6. The first-order valence-electron chi connectivity index (χ1n) is 15.6. The first-order chi connectivity index (χ1) is 22.7. The Morgan fingerprint density at radius 1 is 0.304 bits per heavy atom. The first kappa shape index (κ1) is 29.0. The molecular formula is C42H34N2O2. The zero-order valence-electron chi connectivity index (χ0n) is 25.4. The van der Waals surface area contributed by atoms with Gasteiger partial charge in [0, 0.05) is 13.1 Å². The lowest BCUT2D eigenvalue weighted by Gasteiger charge is -2.52. The van der Waals surface area contributed by atoms with Crippen LogP contribution in [0.2, 0.25) is 0 Å². The van der Waals surface area contributed by atoms with Crippen LogP contribution in [0.5, 0.6) is 0 Å². The molecule has 4 nitrogen and oxygen atoms in total. The Bertz CT molecular complexity index is 1580. The second-order valence-electron chi connectivity index (χ2n) is 11.5. The van der Waals surface area contributed by atoms with Crippen molar-refractivity contribution >= 4 is 11.8 Å².